The quantitative estimate of drug-likeness (QED) is 0.496. The van der Waals surface area contributed by atoms with Crippen LogP contribution >= 0.6 is 0 Å². The summed E-state index contributed by atoms with van der Waals surface area (Å²) in [5, 5.41) is 9.29. The number of hydrogen-bond donors (Lipinski definition) is 3. The van der Waals surface area contributed by atoms with Gasteiger partial charge >= 0.3 is 5.97 Å². The van der Waals surface area contributed by atoms with Crippen molar-refractivity contribution in [2.75, 3.05) is 0 Å². The highest BCUT2D eigenvalue weighted by Crippen LogP contribution is 2.61. The van der Waals surface area contributed by atoms with Crippen LogP contribution in [0.25, 0.3) is 0 Å². The summed E-state index contributed by atoms with van der Waals surface area (Å²) in [7, 11) is 0. The second-order valence-corrected chi connectivity index (χ2v) is 6.22. The van der Waals surface area contributed by atoms with Gasteiger partial charge in [-0.15, -0.1) is 0 Å². The van der Waals surface area contributed by atoms with Crippen LogP contribution in [-0.4, -0.2) is 17.1 Å². The molecule has 0 aromatic heterocycles. The van der Waals surface area contributed by atoms with Crippen LogP contribution in [0.4, 0.5) is 0 Å². The Morgan fingerprint density at radius 3 is 1.94 bits per heavy atom. The molecule has 4 N–H and O–H groups in total. The van der Waals surface area contributed by atoms with Gasteiger partial charge in [0.2, 0.25) is 0 Å². The molecular formula is C12H20N2O2. The smallest absolute Gasteiger partial charge is 0.322 e. The van der Waals surface area contributed by atoms with E-state index in [4.69, 9.17) is 5.84 Å². The molecule has 4 bridgehead atoms. The first-order chi connectivity index (χ1) is 7.63. The van der Waals surface area contributed by atoms with Crippen molar-refractivity contribution in [1.82, 2.24) is 5.43 Å². The third kappa shape index (κ3) is 1.39. The third-order valence-electron chi connectivity index (χ3n) is 5.11. The van der Waals surface area contributed by atoms with E-state index in [0.717, 1.165) is 37.0 Å². The lowest BCUT2D eigenvalue weighted by Gasteiger charge is -2.58. The topological polar surface area (TPSA) is 75.3 Å². The summed E-state index contributed by atoms with van der Waals surface area (Å²) in [4.78, 5) is 11.3. The van der Waals surface area contributed by atoms with E-state index in [1.807, 2.05) is 0 Å². The molecule has 4 aliphatic rings. The minimum absolute atomic E-state index is 0.0463. The third-order valence-corrected chi connectivity index (χ3v) is 5.11. The lowest BCUT2D eigenvalue weighted by Crippen LogP contribution is -2.60. The molecule has 0 aromatic carbocycles. The van der Waals surface area contributed by atoms with Crippen LogP contribution in [0.2, 0.25) is 0 Å². The molecule has 0 amide bonds. The van der Waals surface area contributed by atoms with Crippen LogP contribution in [0.3, 0.4) is 0 Å². The average molecular weight is 224 g/mol. The van der Waals surface area contributed by atoms with E-state index in [1.165, 1.54) is 19.3 Å². The van der Waals surface area contributed by atoms with Crippen LogP contribution in [0.1, 0.15) is 38.5 Å². The highest BCUT2D eigenvalue weighted by Gasteiger charge is 2.55. The number of aliphatic carboxylic acids is 1. The number of rotatable bonds is 3. The summed E-state index contributed by atoms with van der Waals surface area (Å²) >= 11 is 0. The first-order valence-corrected chi connectivity index (χ1v) is 6.32. The number of nitrogens with one attached hydrogen (secondary N) is 1. The second kappa shape index (κ2) is 3.44. The Labute approximate surface area is 95.6 Å². The van der Waals surface area contributed by atoms with Crippen LogP contribution in [-0.2, 0) is 4.79 Å². The standard InChI is InChI=1S/C12H20N2O2/c13-14-10(11(15)16)12-4-7-1-8(5-12)3-9(2-7)6-12/h7-10,14H,1-6,13H2,(H,15,16). The van der Waals surface area contributed by atoms with E-state index in [1.54, 1.807) is 0 Å². The first kappa shape index (κ1) is 10.5. The molecule has 1 unspecified atom stereocenters. The van der Waals surface area contributed by atoms with Crippen LogP contribution < -0.4 is 11.3 Å². The number of carboxylic acid groups (broad SMARTS) is 1. The molecule has 0 spiro atoms. The molecule has 0 saturated heterocycles. The highest BCUT2D eigenvalue weighted by molar-refractivity contribution is 5.74. The number of hydrazine groups is 1. The maximum absolute atomic E-state index is 11.3. The Balaban J connectivity index is 1.90. The molecule has 16 heavy (non-hydrogen) atoms. The molecule has 4 heteroatoms. The Kier molecular flexibility index (Phi) is 2.27. The van der Waals surface area contributed by atoms with Gasteiger partial charge in [-0.05, 0) is 61.7 Å². The minimum atomic E-state index is -0.774. The number of carbonyl (C=O) groups is 1. The van der Waals surface area contributed by atoms with Gasteiger partial charge in [0, 0.05) is 0 Å². The van der Waals surface area contributed by atoms with Crippen molar-refractivity contribution in [2.24, 2.45) is 29.0 Å². The van der Waals surface area contributed by atoms with Crippen molar-refractivity contribution in [3.05, 3.63) is 0 Å². The van der Waals surface area contributed by atoms with Gasteiger partial charge in [0.05, 0.1) is 0 Å². The van der Waals surface area contributed by atoms with E-state index < -0.39 is 12.0 Å². The van der Waals surface area contributed by atoms with Gasteiger partial charge in [-0.3, -0.25) is 10.6 Å². The summed E-state index contributed by atoms with van der Waals surface area (Å²) in [6.45, 7) is 0. The highest BCUT2D eigenvalue weighted by atomic mass is 16.4. The predicted octanol–water partition coefficient (Wildman–Crippen LogP) is 1.12. The second-order valence-electron chi connectivity index (χ2n) is 6.22. The zero-order chi connectivity index (χ0) is 11.3. The van der Waals surface area contributed by atoms with Crippen molar-refractivity contribution in [1.29, 1.82) is 0 Å². The summed E-state index contributed by atoms with van der Waals surface area (Å²) in [5.41, 5.74) is 2.51. The molecule has 4 nitrogen and oxygen atoms in total. The van der Waals surface area contributed by atoms with E-state index in [2.05, 4.69) is 5.43 Å². The maximum atomic E-state index is 11.3. The Bertz CT molecular complexity index is 281. The van der Waals surface area contributed by atoms with Crippen LogP contribution in [0.5, 0.6) is 0 Å². The van der Waals surface area contributed by atoms with E-state index in [9.17, 15) is 9.90 Å². The average Bonchev–Trinajstić information content (AvgIpc) is 2.14. The first-order valence-electron chi connectivity index (χ1n) is 6.32. The molecule has 4 fully saturated rings. The molecule has 0 aromatic rings. The van der Waals surface area contributed by atoms with E-state index >= 15 is 0 Å². The molecule has 4 aliphatic carbocycles. The fourth-order valence-corrected chi connectivity index (χ4v) is 5.04. The normalized spacial score (nSPS) is 46.9. The molecule has 1 atom stereocenters. The zero-order valence-corrected chi connectivity index (χ0v) is 9.48. The minimum Gasteiger partial charge on any atom is -0.480 e. The molecular weight excluding hydrogens is 204 g/mol. The fourth-order valence-electron chi connectivity index (χ4n) is 5.04. The van der Waals surface area contributed by atoms with Crippen molar-refractivity contribution in [3.8, 4) is 0 Å². The number of hydrogen-bond acceptors (Lipinski definition) is 3. The summed E-state index contributed by atoms with van der Waals surface area (Å²) in [6.07, 6.45) is 7.20. The fraction of sp³-hybridized carbons (Fsp3) is 0.917. The summed E-state index contributed by atoms with van der Waals surface area (Å²) < 4.78 is 0. The SMILES string of the molecule is NNC(C(=O)O)C12CC3CC(CC(C3)C1)C2. The van der Waals surface area contributed by atoms with Crippen LogP contribution in [0, 0.1) is 23.2 Å². The molecule has 4 saturated carbocycles. The van der Waals surface area contributed by atoms with Crippen molar-refractivity contribution < 1.29 is 9.90 Å². The largest absolute Gasteiger partial charge is 0.480 e. The monoisotopic (exact) mass is 224 g/mol. The predicted molar refractivity (Wildman–Crippen MR) is 59.4 cm³/mol. The Morgan fingerprint density at radius 1 is 1.19 bits per heavy atom. The van der Waals surface area contributed by atoms with Crippen LogP contribution in [0.15, 0.2) is 0 Å². The number of carboxylic acids is 1. The molecule has 4 rings (SSSR count). The van der Waals surface area contributed by atoms with E-state index in [0.29, 0.717) is 0 Å². The molecule has 0 heterocycles. The van der Waals surface area contributed by atoms with Gasteiger partial charge in [-0.25, -0.2) is 5.43 Å². The van der Waals surface area contributed by atoms with Gasteiger partial charge in [0.25, 0.3) is 0 Å². The van der Waals surface area contributed by atoms with Crippen molar-refractivity contribution in [2.45, 2.75) is 44.6 Å². The summed E-state index contributed by atoms with van der Waals surface area (Å²) in [6, 6.07) is -0.541. The van der Waals surface area contributed by atoms with Gasteiger partial charge in [0.1, 0.15) is 6.04 Å². The van der Waals surface area contributed by atoms with Crippen molar-refractivity contribution in [3.63, 3.8) is 0 Å². The van der Waals surface area contributed by atoms with Gasteiger partial charge in [-0.2, -0.15) is 0 Å². The van der Waals surface area contributed by atoms with Gasteiger partial charge < -0.3 is 5.11 Å². The van der Waals surface area contributed by atoms with Gasteiger partial charge in [0.15, 0.2) is 0 Å². The molecule has 0 radical (unpaired) electrons. The molecule has 0 aliphatic heterocycles. The van der Waals surface area contributed by atoms with Crippen molar-refractivity contribution >= 4 is 5.97 Å². The van der Waals surface area contributed by atoms with E-state index in [-0.39, 0.29) is 5.41 Å². The Morgan fingerprint density at radius 2 is 1.62 bits per heavy atom. The lowest BCUT2D eigenvalue weighted by atomic mass is 9.48. The molecule has 90 valence electrons. The zero-order valence-electron chi connectivity index (χ0n) is 9.48. The summed E-state index contributed by atoms with van der Waals surface area (Å²) in [5.74, 6) is 6.99. The maximum Gasteiger partial charge on any atom is 0.322 e. The Hall–Kier alpha value is -0.610. The lowest BCUT2D eigenvalue weighted by molar-refractivity contribution is -0.151. The number of nitrogens with two attached hydrogens (primary N) is 1. The van der Waals surface area contributed by atoms with Gasteiger partial charge in [-0.1, -0.05) is 0 Å².